The van der Waals surface area contributed by atoms with Gasteiger partial charge in [0.05, 0.1) is 6.10 Å². The van der Waals surface area contributed by atoms with Gasteiger partial charge in [0, 0.05) is 18.8 Å². The maximum absolute atomic E-state index is 12.6. The largest absolute Gasteiger partial charge is 0.463 e. The van der Waals surface area contributed by atoms with Crippen LogP contribution in [0, 0.1) is 0 Å². The van der Waals surface area contributed by atoms with E-state index in [4.69, 9.17) is 9.47 Å². The predicted molar refractivity (Wildman–Crippen MR) is 100 cm³/mol. The molecule has 1 N–H and O–H groups in total. The monoisotopic (exact) mass is 381 g/mol. The smallest absolute Gasteiger partial charge is 0.408 e. The number of esters is 1. The van der Waals surface area contributed by atoms with Crippen molar-refractivity contribution in [1.82, 2.24) is 14.9 Å². The summed E-state index contributed by atoms with van der Waals surface area (Å²) in [6.45, 7) is 9.06. The zero-order valence-electron chi connectivity index (χ0n) is 16.9. The second-order valence-electron chi connectivity index (χ2n) is 7.46. The molecule has 8 heteroatoms. The highest BCUT2D eigenvalue weighted by Gasteiger charge is 2.25. The number of nitrogens with zero attached hydrogens (tertiary/aromatic N) is 2. The Bertz CT molecular complexity index is 607. The highest BCUT2D eigenvalue weighted by atomic mass is 16.6. The number of unbranched alkanes of at least 4 members (excludes halogenated alkanes) is 1. The fourth-order valence-corrected chi connectivity index (χ4v) is 2.26. The van der Waals surface area contributed by atoms with Crippen LogP contribution in [0.15, 0.2) is 18.7 Å². The second kappa shape index (κ2) is 10.7. The zero-order chi connectivity index (χ0) is 20.4. The van der Waals surface area contributed by atoms with Crippen molar-refractivity contribution in [2.75, 3.05) is 0 Å². The molecule has 1 heterocycles. The molecule has 2 atom stereocenters. The van der Waals surface area contributed by atoms with E-state index in [-0.39, 0.29) is 24.4 Å². The van der Waals surface area contributed by atoms with Crippen molar-refractivity contribution in [3.63, 3.8) is 0 Å². The lowest BCUT2D eigenvalue weighted by Gasteiger charge is -2.23. The fourth-order valence-electron chi connectivity index (χ4n) is 2.26. The second-order valence-corrected chi connectivity index (χ2v) is 7.46. The van der Waals surface area contributed by atoms with Crippen LogP contribution in [0.3, 0.4) is 0 Å². The molecule has 1 amide bonds. The fraction of sp³-hybridized carbons (Fsp3) is 0.684. The third kappa shape index (κ3) is 9.21. The molecule has 0 aromatic carbocycles. The molecule has 27 heavy (non-hydrogen) atoms. The summed E-state index contributed by atoms with van der Waals surface area (Å²) < 4.78 is 11.8. The van der Waals surface area contributed by atoms with Gasteiger partial charge in [-0.05, 0) is 47.0 Å². The molecule has 0 saturated carbocycles. The van der Waals surface area contributed by atoms with E-state index in [9.17, 15) is 14.4 Å². The molecular weight excluding hydrogens is 350 g/mol. The SMILES string of the molecule is CCC(C)OC(=O)CCCC[C@H](NC(=O)OC(C)(C)C)C(=O)n1ccnc1. The van der Waals surface area contributed by atoms with E-state index in [1.54, 1.807) is 20.8 Å². The van der Waals surface area contributed by atoms with Crippen molar-refractivity contribution in [3.8, 4) is 0 Å². The number of rotatable bonds is 9. The molecule has 0 saturated heterocycles. The number of aromatic nitrogens is 2. The molecule has 1 aromatic heterocycles. The van der Waals surface area contributed by atoms with Gasteiger partial charge in [0.15, 0.2) is 0 Å². The van der Waals surface area contributed by atoms with Crippen LogP contribution in [0.1, 0.15) is 71.5 Å². The normalized spacial score (nSPS) is 13.5. The minimum Gasteiger partial charge on any atom is -0.463 e. The third-order valence-corrected chi connectivity index (χ3v) is 3.78. The van der Waals surface area contributed by atoms with E-state index < -0.39 is 17.7 Å². The number of nitrogens with one attached hydrogen (secondary N) is 1. The van der Waals surface area contributed by atoms with Crippen molar-refractivity contribution < 1.29 is 23.9 Å². The molecule has 0 aliphatic carbocycles. The van der Waals surface area contributed by atoms with Gasteiger partial charge in [-0.15, -0.1) is 0 Å². The van der Waals surface area contributed by atoms with Crippen molar-refractivity contribution in [3.05, 3.63) is 18.7 Å². The Kier molecular flexibility index (Phi) is 8.97. The molecule has 0 spiro atoms. The Labute approximate surface area is 160 Å². The van der Waals surface area contributed by atoms with Crippen molar-refractivity contribution >= 4 is 18.0 Å². The van der Waals surface area contributed by atoms with E-state index in [0.29, 0.717) is 19.3 Å². The average molecular weight is 381 g/mol. The Morgan fingerprint density at radius 1 is 1.22 bits per heavy atom. The number of amides is 1. The van der Waals surface area contributed by atoms with Gasteiger partial charge in [0.2, 0.25) is 0 Å². The van der Waals surface area contributed by atoms with E-state index in [1.165, 1.54) is 23.3 Å². The van der Waals surface area contributed by atoms with Gasteiger partial charge in [0.25, 0.3) is 5.91 Å². The van der Waals surface area contributed by atoms with Crippen molar-refractivity contribution in [2.24, 2.45) is 0 Å². The number of hydrogen-bond acceptors (Lipinski definition) is 6. The number of imidazole rings is 1. The lowest BCUT2D eigenvalue weighted by molar-refractivity contribution is -0.148. The molecule has 152 valence electrons. The zero-order valence-corrected chi connectivity index (χ0v) is 16.9. The number of alkyl carbamates (subject to hydrolysis) is 1. The maximum Gasteiger partial charge on any atom is 0.408 e. The number of hydrogen-bond donors (Lipinski definition) is 1. The average Bonchev–Trinajstić information content (AvgIpc) is 3.09. The molecule has 1 unspecified atom stereocenters. The van der Waals surface area contributed by atoms with Crippen LogP contribution in [0.5, 0.6) is 0 Å². The summed E-state index contributed by atoms with van der Waals surface area (Å²) in [5, 5.41) is 2.62. The topological polar surface area (TPSA) is 99.5 Å². The lowest BCUT2D eigenvalue weighted by atomic mass is 10.1. The first-order chi connectivity index (χ1) is 12.6. The minimum atomic E-state index is -0.764. The lowest BCUT2D eigenvalue weighted by Crippen LogP contribution is -2.45. The minimum absolute atomic E-state index is 0.0955. The molecule has 1 aromatic rings. The summed E-state index contributed by atoms with van der Waals surface area (Å²) in [6.07, 6.45) is 6.23. The van der Waals surface area contributed by atoms with E-state index >= 15 is 0 Å². The summed E-state index contributed by atoms with van der Waals surface area (Å²) in [7, 11) is 0. The predicted octanol–water partition coefficient (Wildman–Crippen LogP) is 3.32. The maximum atomic E-state index is 12.6. The van der Waals surface area contributed by atoms with Crippen LogP contribution in [0.4, 0.5) is 4.79 Å². The van der Waals surface area contributed by atoms with Crippen LogP contribution in [0.25, 0.3) is 0 Å². The number of carbonyl (C=O) groups is 3. The Morgan fingerprint density at radius 3 is 2.48 bits per heavy atom. The van der Waals surface area contributed by atoms with Gasteiger partial charge in [-0.2, -0.15) is 0 Å². The van der Waals surface area contributed by atoms with Crippen LogP contribution in [-0.2, 0) is 14.3 Å². The van der Waals surface area contributed by atoms with Crippen LogP contribution >= 0.6 is 0 Å². The molecule has 0 fully saturated rings. The van der Waals surface area contributed by atoms with E-state index in [2.05, 4.69) is 10.3 Å². The molecule has 0 aliphatic heterocycles. The van der Waals surface area contributed by atoms with Crippen molar-refractivity contribution in [2.45, 2.75) is 84.5 Å². The summed E-state index contributed by atoms with van der Waals surface area (Å²) in [5.41, 5.74) is -0.660. The first-order valence-corrected chi connectivity index (χ1v) is 9.33. The van der Waals surface area contributed by atoms with Crippen LogP contribution < -0.4 is 5.32 Å². The van der Waals surface area contributed by atoms with Crippen molar-refractivity contribution in [1.29, 1.82) is 0 Å². The highest BCUT2D eigenvalue weighted by molar-refractivity contribution is 5.87. The highest BCUT2D eigenvalue weighted by Crippen LogP contribution is 2.11. The Balaban J connectivity index is 2.57. The number of carbonyl (C=O) groups excluding carboxylic acids is 3. The summed E-state index contributed by atoms with van der Waals surface area (Å²) in [6, 6.07) is -0.764. The van der Waals surface area contributed by atoms with Gasteiger partial charge >= 0.3 is 12.1 Å². The first-order valence-electron chi connectivity index (χ1n) is 9.33. The molecule has 8 nitrogen and oxygen atoms in total. The van der Waals surface area contributed by atoms with E-state index in [1.807, 2.05) is 13.8 Å². The number of ether oxygens (including phenoxy) is 2. The molecule has 1 rings (SSSR count). The molecule has 0 radical (unpaired) electrons. The molecular formula is C19H31N3O5. The van der Waals surface area contributed by atoms with Gasteiger partial charge in [-0.1, -0.05) is 13.3 Å². The summed E-state index contributed by atoms with van der Waals surface area (Å²) in [5.74, 6) is -0.553. The third-order valence-electron chi connectivity index (χ3n) is 3.78. The standard InChI is InChI=1S/C19H31N3O5/c1-6-14(2)26-16(23)10-8-7-9-15(17(24)22-12-11-20-13-22)21-18(25)27-19(3,4)5/h11-15H,6-10H2,1-5H3,(H,21,25)/t14?,15-/m0/s1. The van der Waals surface area contributed by atoms with Crippen LogP contribution in [-0.4, -0.2) is 45.3 Å². The first kappa shape index (κ1) is 22.7. The Morgan fingerprint density at radius 2 is 1.93 bits per heavy atom. The van der Waals surface area contributed by atoms with Gasteiger partial charge in [-0.25, -0.2) is 9.78 Å². The Hall–Kier alpha value is -2.38. The summed E-state index contributed by atoms with van der Waals surface area (Å²) in [4.78, 5) is 40.2. The quantitative estimate of drug-likeness (QED) is 0.520. The molecule has 0 aliphatic rings. The summed E-state index contributed by atoms with van der Waals surface area (Å²) >= 11 is 0. The van der Waals surface area contributed by atoms with Gasteiger partial charge in [0.1, 0.15) is 18.0 Å². The van der Waals surface area contributed by atoms with Gasteiger partial charge in [-0.3, -0.25) is 14.2 Å². The molecule has 0 bridgehead atoms. The van der Waals surface area contributed by atoms with E-state index in [0.717, 1.165) is 6.42 Å². The van der Waals surface area contributed by atoms with Gasteiger partial charge < -0.3 is 14.8 Å². The van der Waals surface area contributed by atoms with Crippen LogP contribution in [0.2, 0.25) is 0 Å².